The number of anilines is 1. The van der Waals surface area contributed by atoms with Crippen LogP contribution in [0.15, 0.2) is 18.2 Å². The van der Waals surface area contributed by atoms with Crippen molar-refractivity contribution >= 4 is 17.3 Å². The highest BCUT2D eigenvalue weighted by atomic mass is 16.6. The molecule has 0 bridgehead atoms. The summed E-state index contributed by atoms with van der Waals surface area (Å²) >= 11 is 0. The first-order valence-corrected chi connectivity index (χ1v) is 8.30. The third-order valence-corrected chi connectivity index (χ3v) is 4.35. The van der Waals surface area contributed by atoms with Gasteiger partial charge < -0.3 is 19.5 Å². The first kappa shape index (κ1) is 19.0. The van der Waals surface area contributed by atoms with Crippen LogP contribution in [0.1, 0.15) is 25.7 Å². The van der Waals surface area contributed by atoms with Crippen LogP contribution in [0.4, 0.5) is 11.4 Å². The Hall–Kier alpha value is -2.35. The SMILES string of the molecule is COCCOc1cccc(NC2CCC(C(=O)OC)CC2)c1[N+](=O)[O-]. The zero-order valence-electron chi connectivity index (χ0n) is 14.5. The Morgan fingerprint density at radius 1 is 1.24 bits per heavy atom. The summed E-state index contributed by atoms with van der Waals surface area (Å²) in [7, 11) is 2.94. The van der Waals surface area contributed by atoms with Crippen LogP contribution in [-0.4, -0.2) is 44.4 Å². The molecule has 138 valence electrons. The Morgan fingerprint density at radius 3 is 2.56 bits per heavy atom. The van der Waals surface area contributed by atoms with Gasteiger partial charge >= 0.3 is 11.7 Å². The molecule has 0 amide bonds. The van der Waals surface area contributed by atoms with Crippen LogP contribution in [-0.2, 0) is 14.3 Å². The summed E-state index contributed by atoms with van der Waals surface area (Å²) in [4.78, 5) is 22.6. The van der Waals surface area contributed by atoms with E-state index in [-0.39, 0.29) is 36.0 Å². The van der Waals surface area contributed by atoms with E-state index in [0.29, 0.717) is 25.1 Å². The van der Waals surface area contributed by atoms with Crippen molar-refractivity contribution in [3.8, 4) is 5.75 Å². The van der Waals surface area contributed by atoms with Crippen LogP contribution < -0.4 is 10.1 Å². The van der Waals surface area contributed by atoms with E-state index in [4.69, 9.17) is 14.2 Å². The van der Waals surface area contributed by atoms with Gasteiger partial charge in [-0.1, -0.05) is 6.07 Å². The van der Waals surface area contributed by atoms with Gasteiger partial charge in [-0.3, -0.25) is 14.9 Å². The molecule has 1 saturated carbocycles. The van der Waals surface area contributed by atoms with Gasteiger partial charge in [0.05, 0.1) is 24.6 Å². The minimum Gasteiger partial charge on any atom is -0.484 e. The Morgan fingerprint density at radius 2 is 1.96 bits per heavy atom. The molecule has 0 spiro atoms. The van der Waals surface area contributed by atoms with E-state index in [1.54, 1.807) is 25.3 Å². The molecule has 0 atom stereocenters. The maximum absolute atomic E-state index is 11.6. The second-order valence-corrected chi connectivity index (χ2v) is 5.97. The highest BCUT2D eigenvalue weighted by Crippen LogP contribution is 2.37. The fourth-order valence-corrected chi connectivity index (χ4v) is 3.04. The number of nitro groups is 1. The summed E-state index contributed by atoms with van der Waals surface area (Å²) in [6.45, 7) is 0.595. The number of nitrogens with one attached hydrogen (secondary N) is 1. The first-order valence-electron chi connectivity index (χ1n) is 8.30. The van der Waals surface area contributed by atoms with E-state index < -0.39 is 4.92 Å². The molecule has 8 heteroatoms. The van der Waals surface area contributed by atoms with Crippen molar-refractivity contribution in [3.05, 3.63) is 28.3 Å². The molecule has 1 aromatic carbocycles. The van der Waals surface area contributed by atoms with Gasteiger partial charge in [-0.15, -0.1) is 0 Å². The van der Waals surface area contributed by atoms with Crippen LogP contribution in [0.25, 0.3) is 0 Å². The number of esters is 1. The Labute approximate surface area is 146 Å². The molecule has 1 aromatic rings. The van der Waals surface area contributed by atoms with Crippen molar-refractivity contribution < 1.29 is 23.9 Å². The highest BCUT2D eigenvalue weighted by Gasteiger charge is 2.29. The van der Waals surface area contributed by atoms with Crippen molar-refractivity contribution in [3.63, 3.8) is 0 Å². The van der Waals surface area contributed by atoms with Crippen molar-refractivity contribution in [1.82, 2.24) is 0 Å². The lowest BCUT2D eigenvalue weighted by Crippen LogP contribution is -2.30. The number of carbonyl (C=O) groups is 1. The molecule has 0 aromatic heterocycles. The largest absolute Gasteiger partial charge is 0.484 e. The molecule has 1 fully saturated rings. The van der Waals surface area contributed by atoms with E-state index in [1.165, 1.54) is 7.11 Å². The number of benzene rings is 1. The van der Waals surface area contributed by atoms with Gasteiger partial charge in [0.1, 0.15) is 12.3 Å². The number of rotatable bonds is 8. The van der Waals surface area contributed by atoms with Gasteiger partial charge in [0.15, 0.2) is 5.75 Å². The molecule has 25 heavy (non-hydrogen) atoms. The predicted octanol–water partition coefficient (Wildman–Crippen LogP) is 2.76. The quantitative estimate of drug-likeness (QED) is 0.332. The summed E-state index contributed by atoms with van der Waals surface area (Å²) in [6, 6.07) is 5.05. The van der Waals surface area contributed by atoms with Gasteiger partial charge in [0.25, 0.3) is 0 Å². The average Bonchev–Trinajstić information content (AvgIpc) is 2.62. The number of ether oxygens (including phenoxy) is 3. The maximum Gasteiger partial charge on any atom is 0.333 e. The fraction of sp³-hybridized carbons (Fsp3) is 0.588. The smallest absolute Gasteiger partial charge is 0.333 e. The summed E-state index contributed by atoms with van der Waals surface area (Å²) in [5, 5.41) is 14.7. The van der Waals surface area contributed by atoms with Crippen molar-refractivity contribution in [2.75, 3.05) is 32.8 Å². The first-order chi connectivity index (χ1) is 12.1. The van der Waals surface area contributed by atoms with Crippen LogP contribution in [0.2, 0.25) is 0 Å². The van der Waals surface area contributed by atoms with E-state index in [0.717, 1.165) is 12.8 Å². The standard InChI is InChI=1S/C17H24N2O6/c1-23-10-11-25-15-5-3-4-14(16(15)19(21)22)18-13-8-6-12(7-9-13)17(20)24-2/h3-5,12-13,18H,6-11H2,1-2H3. The van der Waals surface area contributed by atoms with Gasteiger partial charge in [0.2, 0.25) is 0 Å². The molecule has 0 radical (unpaired) electrons. The van der Waals surface area contributed by atoms with Crippen LogP contribution in [0.5, 0.6) is 5.75 Å². The lowest BCUT2D eigenvalue weighted by Gasteiger charge is -2.28. The molecule has 8 nitrogen and oxygen atoms in total. The molecule has 0 unspecified atom stereocenters. The monoisotopic (exact) mass is 352 g/mol. The Bertz CT molecular complexity index is 599. The number of hydrogen-bond acceptors (Lipinski definition) is 7. The molecule has 2 rings (SSSR count). The highest BCUT2D eigenvalue weighted by molar-refractivity contribution is 5.72. The zero-order valence-corrected chi connectivity index (χ0v) is 14.5. The van der Waals surface area contributed by atoms with E-state index in [1.807, 2.05) is 0 Å². The Kier molecular flexibility index (Phi) is 7.00. The third kappa shape index (κ3) is 5.06. The average molecular weight is 352 g/mol. The predicted molar refractivity (Wildman–Crippen MR) is 91.9 cm³/mol. The molecule has 1 aliphatic rings. The number of para-hydroxylation sites is 1. The third-order valence-electron chi connectivity index (χ3n) is 4.35. The molecule has 1 aliphatic carbocycles. The van der Waals surface area contributed by atoms with Gasteiger partial charge in [-0.25, -0.2) is 0 Å². The summed E-state index contributed by atoms with van der Waals surface area (Å²) in [6.07, 6.45) is 2.93. The van der Waals surface area contributed by atoms with Crippen LogP contribution in [0, 0.1) is 16.0 Å². The Balaban J connectivity index is 2.05. The zero-order chi connectivity index (χ0) is 18.2. The van der Waals surface area contributed by atoms with Crippen molar-refractivity contribution in [2.24, 2.45) is 5.92 Å². The molecule has 0 saturated heterocycles. The number of nitrogens with zero attached hydrogens (tertiary/aromatic N) is 1. The minimum atomic E-state index is -0.440. The van der Waals surface area contributed by atoms with Crippen LogP contribution >= 0.6 is 0 Å². The second kappa shape index (κ2) is 9.22. The topological polar surface area (TPSA) is 99.9 Å². The van der Waals surface area contributed by atoms with Crippen molar-refractivity contribution in [1.29, 1.82) is 0 Å². The summed E-state index contributed by atoms with van der Waals surface area (Å²) < 4.78 is 15.2. The molecular weight excluding hydrogens is 328 g/mol. The lowest BCUT2D eigenvalue weighted by molar-refractivity contribution is -0.385. The van der Waals surface area contributed by atoms with E-state index >= 15 is 0 Å². The molecular formula is C17H24N2O6. The second-order valence-electron chi connectivity index (χ2n) is 5.97. The van der Waals surface area contributed by atoms with E-state index in [2.05, 4.69) is 5.32 Å². The summed E-state index contributed by atoms with van der Waals surface area (Å²) in [5.74, 6) is -0.0463. The number of hydrogen-bond donors (Lipinski definition) is 1. The van der Waals surface area contributed by atoms with Gasteiger partial charge in [-0.05, 0) is 37.8 Å². The van der Waals surface area contributed by atoms with Crippen molar-refractivity contribution in [2.45, 2.75) is 31.7 Å². The molecule has 1 N–H and O–H groups in total. The fourth-order valence-electron chi connectivity index (χ4n) is 3.04. The number of nitro benzene ring substituents is 1. The number of carbonyl (C=O) groups excluding carboxylic acids is 1. The van der Waals surface area contributed by atoms with E-state index in [9.17, 15) is 14.9 Å². The number of methoxy groups -OCH3 is 2. The molecule has 0 aliphatic heterocycles. The maximum atomic E-state index is 11.6. The molecule has 0 heterocycles. The van der Waals surface area contributed by atoms with Gasteiger partial charge in [-0.2, -0.15) is 0 Å². The van der Waals surface area contributed by atoms with Crippen LogP contribution in [0.3, 0.4) is 0 Å². The normalized spacial score (nSPS) is 19.9. The lowest BCUT2D eigenvalue weighted by atomic mass is 9.86. The van der Waals surface area contributed by atoms with Gasteiger partial charge in [0, 0.05) is 13.2 Å². The summed E-state index contributed by atoms with van der Waals surface area (Å²) in [5.41, 5.74) is 0.357. The minimum absolute atomic E-state index is 0.0753.